The first kappa shape index (κ1) is 17.1. The fourth-order valence-electron chi connectivity index (χ4n) is 2.81. The molecular formula is C17H24N4O2S. The van der Waals surface area contributed by atoms with E-state index in [0.717, 1.165) is 28.5 Å². The number of hydrogen-bond donors (Lipinski definition) is 0. The predicted molar refractivity (Wildman–Crippen MR) is 93.4 cm³/mol. The maximum atomic E-state index is 13.0. The molecular weight excluding hydrogens is 324 g/mol. The molecule has 3 heterocycles. The lowest BCUT2D eigenvalue weighted by Crippen LogP contribution is -2.38. The van der Waals surface area contributed by atoms with Gasteiger partial charge in [0.25, 0.3) is 5.91 Å². The van der Waals surface area contributed by atoms with Crippen LogP contribution in [0.25, 0.3) is 0 Å². The van der Waals surface area contributed by atoms with E-state index >= 15 is 0 Å². The van der Waals surface area contributed by atoms with Crippen LogP contribution in [0.15, 0.2) is 18.5 Å². The van der Waals surface area contributed by atoms with E-state index in [1.165, 1.54) is 11.3 Å². The molecule has 0 radical (unpaired) electrons. The number of carbonyl (C=O) groups is 1. The van der Waals surface area contributed by atoms with Crippen LogP contribution in [0.2, 0.25) is 0 Å². The normalized spacial score (nSPS) is 18.8. The molecule has 0 bridgehead atoms. The van der Waals surface area contributed by atoms with Crippen molar-refractivity contribution in [2.24, 2.45) is 0 Å². The van der Waals surface area contributed by atoms with Crippen LogP contribution < -0.4 is 0 Å². The summed E-state index contributed by atoms with van der Waals surface area (Å²) >= 11 is 1.52. The third kappa shape index (κ3) is 3.84. The van der Waals surface area contributed by atoms with Gasteiger partial charge in [-0.3, -0.25) is 9.48 Å². The van der Waals surface area contributed by atoms with Crippen LogP contribution in [0.3, 0.4) is 0 Å². The Balaban J connectivity index is 1.73. The molecule has 3 rings (SSSR count). The Morgan fingerprint density at radius 3 is 3.00 bits per heavy atom. The zero-order valence-electron chi connectivity index (χ0n) is 14.4. The highest BCUT2D eigenvalue weighted by Crippen LogP contribution is 2.26. The number of ether oxygens (including phenoxy) is 1. The van der Waals surface area contributed by atoms with E-state index < -0.39 is 0 Å². The largest absolute Gasteiger partial charge is 0.374 e. The molecule has 2 aromatic rings. The van der Waals surface area contributed by atoms with Crippen molar-refractivity contribution in [2.45, 2.75) is 45.8 Å². The Morgan fingerprint density at radius 2 is 2.33 bits per heavy atom. The van der Waals surface area contributed by atoms with E-state index in [1.54, 1.807) is 6.20 Å². The van der Waals surface area contributed by atoms with Gasteiger partial charge in [-0.25, -0.2) is 4.98 Å². The first-order valence-corrected chi connectivity index (χ1v) is 9.22. The van der Waals surface area contributed by atoms with Crippen molar-refractivity contribution in [3.05, 3.63) is 34.0 Å². The minimum atomic E-state index is -0.0332. The summed E-state index contributed by atoms with van der Waals surface area (Å²) in [6.45, 7) is 8.78. The maximum Gasteiger partial charge on any atom is 0.265 e. The van der Waals surface area contributed by atoms with Gasteiger partial charge in [-0.15, -0.1) is 11.3 Å². The molecule has 24 heavy (non-hydrogen) atoms. The lowest BCUT2D eigenvalue weighted by atomic mass is 10.2. The summed E-state index contributed by atoms with van der Waals surface area (Å²) < 4.78 is 7.75. The summed E-state index contributed by atoms with van der Waals surface area (Å²) in [5, 5.41) is 5.25. The Hall–Kier alpha value is -1.73. The number of thiazole rings is 1. The second kappa shape index (κ2) is 7.44. The first-order valence-electron chi connectivity index (χ1n) is 8.40. The average molecular weight is 348 g/mol. The number of rotatable bonds is 4. The molecule has 0 aromatic carbocycles. The Kier molecular flexibility index (Phi) is 5.30. The van der Waals surface area contributed by atoms with Gasteiger partial charge in [-0.1, -0.05) is 13.8 Å². The van der Waals surface area contributed by atoms with Gasteiger partial charge in [-0.05, 0) is 19.4 Å². The molecule has 0 N–H and O–H groups in total. The molecule has 1 aliphatic rings. The lowest BCUT2D eigenvalue weighted by molar-refractivity contribution is 0.0368. The summed E-state index contributed by atoms with van der Waals surface area (Å²) in [6.07, 6.45) is 4.50. The highest BCUT2D eigenvalue weighted by Gasteiger charge is 2.27. The van der Waals surface area contributed by atoms with Crippen LogP contribution in [0.5, 0.6) is 0 Å². The van der Waals surface area contributed by atoms with E-state index in [2.05, 4.69) is 23.9 Å². The highest BCUT2D eigenvalue weighted by molar-refractivity contribution is 7.13. The van der Waals surface area contributed by atoms with Crippen molar-refractivity contribution in [3.8, 4) is 0 Å². The second-order valence-corrected chi connectivity index (χ2v) is 7.48. The fourth-order valence-corrected chi connectivity index (χ4v) is 3.85. The number of nitrogens with zero attached hydrogens (tertiary/aromatic N) is 4. The van der Waals surface area contributed by atoms with Gasteiger partial charge in [-0.2, -0.15) is 5.10 Å². The average Bonchev–Trinajstić information content (AvgIpc) is 3.12. The summed E-state index contributed by atoms with van der Waals surface area (Å²) in [7, 11) is 0. The quantitative estimate of drug-likeness (QED) is 0.852. The number of aryl methyl sites for hydroxylation is 1. The molecule has 1 amide bonds. The third-order valence-electron chi connectivity index (χ3n) is 4.09. The molecule has 0 spiro atoms. The maximum absolute atomic E-state index is 13.0. The minimum absolute atomic E-state index is 0.0332. The fraction of sp³-hybridized carbons (Fsp3) is 0.588. The molecule has 1 fully saturated rings. The minimum Gasteiger partial charge on any atom is -0.374 e. The topological polar surface area (TPSA) is 60.3 Å². The summed E-state index contributed by atoms with van der Waals surface area (Å²) in [6, 6.07) is 1.90. The van der Waals surface area contributed by atoms with Crippen LogP contribution in [-0.4, -0.2) is 51.4 Å². The van der Waals surface area contributed by atoms with Crippen LogP contribution in [0, 0.1) is 6.92 Å². The monoisotopic (exact) mass is 348 g/mol. The smallest absolute Gasteiger partial charge is 0.265 e. The van der Waals surface area contributed by atoms with Gasteiger partial charge < -0.3 is 9.64 Å². The molecule has 6 nitrogen and oxygen atoms in total. The van der Waals surface area contributed by atoms with E-state index in [-0.39, 0.29) is 12.0 Å². The first-order chi connectivity index (χ1) is 11.5. The highest BCUT2D eigenvalue weighted by atomic mass is 32.1. The molecule has 1 saturated heterocycles. The molecule has 0 unspecified atom stereocenters. The number of amides is 1. The van der Waals surface area contributed by atoms with Gasteiger partial charge >= 0.3 is 0 Å². The molecule has 0 saturated carbocycles. The third-order valence-corrected chi connectivity index (χ3v) is 5.53. The van der Waals surface area contributed by atoms with Crippen molar-refractivity contribution in [2.75, 3.05) is 19.7 Å². The molecule has 2 aromatic heterocycles. The van der Waals surface area contributed by atoms with Crippen LogP contribution in [0.1, 0.15) is 46.6 Å². The Labute approximate surface area is 146 Å². The van der Waals surface area contributed by atoms with E-state index in [9.17, 15) is 4.79 Å². The van der Waals surface area contributed by atoms with Gasteiger partial charge in [0.15, 0.2) is 0 Å². The van der Waals surface area contributed by atoms with Gasteiger partial charge in [0.1, 0.15) is 4.88 Å². The van der Waals surface area contributed by atoms with Gasteiger partial charge in [0, 0.05) is 38.0 Å². The number of carbonyl (C=O) groups excluding carboxylic acids is 1. The molecule has 1 aliphatic heterocycles. The SMILES string of the molecule is Cc1nc(C(C)C)sc1C(=O)N1CCCO[C@H](Cn2cccn2)C1. The van der Waals surface area contributed by atoms with E-state index in [1.807, 2.05) is 28.8 Å². The summed E-state index contributed by atoms with van der Waals surface area (Å²) in [4.78, 5) is 20.2. The van der Waals surface area contributed by atoms with E-state index in [0.29, 0.717) is 25.6 Å². The zero-order valence-corrected chi connectivity index (χ0v) is 15.3. The standard InChI is InChI=1S/C17H24N4O2S/c1-12(2)16-19-13(3)15(24-16)17(22)20-7-5-9-23-14(10-20)11-21-8-4-6-18-21/h4,6,8,12,14H,5,7,9-11H2,1-3H3/t14-/m0/s1. The van der Waals surface area contributed by atoms with Crippen molar-refractivity contribution >= 4 is 17.2 Å². The van der Waals surface area contributed by atoms with Crippen molar-refractivity contribution < 1.29 is 9.53 Å². The van der Waals surface area contributed by atoms with Gasteiger partial charge in [0.05, 0.1) is 23.4 Å². The van der Waals surface area contributed by atoms with Crippen molar-refractivity contribution in [3.63, 3.8) is 0 Å². The lowest BCUT2D eigenvalue weighted by Gasteiger charge is -2.23. The molecule has 130 valence electrons. The molecule has 0 aliphatic carbocycles. The summed E-state index contributed by atoms with van der Waals surface area (Å²) in [5.41, 5.74) is 0.836. The second-order valence-electron chi connectivity index (χ2n) is 6.45. The van der Waals surface area contributed by atoms with E-state index in [4.69, 9.17) is 4.74 Å². The molecule has 7 heteroatoms. The Morgan fingerprint density at radius 1 is 1.50 bits per heavy atom. The number of hydrogen-bond acceptors (Lipinski definition) is 5. The van der Waals surface area contributed by atoms with Crippen molar-refractivity contribution in [1.82, 2.24) is 19.7 Å². The zero-order chi connectivity index (χ0) is 17.1. The molecule has 1 atom stereocenters. The summed E-state index contributed by atoms with van der Waals surface area (Å²) in [5.74, 6) is 0.420. The van der Waals surface area contributed by atoms with Crippen LogP contribution >= 0.6 is 11.3 Å². The predicted octanol–water partition coefficient (Wildman–Crippen LogP) is 2.70. The van der Waals surface area contributed by atoms with Crippen LogP contribution in [0.4, 0.5) is 0 Å². The number of aromatic nitrogens is 3. The Bertz CT molecular complexity index is 681. The van der Waals surface area contributed by atoms with Crippen LogP contribution in [-0.2, 0) is 11.3 Å². The van der Waals surface area contributed by atoms with Crippen molar-refractivity contribution in [1.29, 1.82) is 0 Å². The van der Waals surface area contributed by atoms with Gasteiger partial charge in [0.2, 0.25) is 0 Å².